The molecule has 104 valence electrons. The largest absolute Gasteiger partial charge is 0.368 e. The lowest BCUT2D eigenvalue weighted by Crippen LogP contribution is -2.47. The molecule has 0 radical (unpaired) electrons. The van der Waals surface area contributed by atoms with Crippen molar-refractivity contribution in [2.24, 2.45) is 0 Å². The van der Waals surface area contributed by atoms with Crippen molar-refractivity contribution in [3.05, 3.63) is 47.8 Å². The minimum Gasteiger partial charge on any atom is -0.368 e. The van der Waals surface area contributed by atoms with Gasteiger partial charge in [0.15, 0.2) is 0 Å². The Labute approximate surface area is 120 Å². The monoisotopic (exact) mass is 268 g/mol. The Bertz CT molecular complexity index is 574. The van der Waals surface area contributed by atoms with Crippen LogP contribution in [-0.4, -0.2) is 36.1 Å². The Balaban J connectivity index is 1.71. The quantitative estimate of drug-likeness (QED) is 0.837. The Hall–Kier alpha value is -2.10. The first-order valence-corrected chi connectivity index (χ1v) is 7.09. The fourth-order valence-electron chi connectivity index (χ4n) is 2.68. The molecule has 1 aliphatic heterocycles. The third-order valence-electron chi connectivity index (χ3n) is 4.03. The Morgan fingerprint density at radius 3 is 2.20 bits per heavy atom. The van der Waals surface area contributed by atoms with Crippen molar-refractivity contribution < 1.29 is 0 Å². The van der Waals surface area contributed by atoms with E-state index in [0.29, 0.717) is 0 Å². The number of aryl methyl sites for hydroxylation is 1. The second-order valence-electron chi connectivity index (χ2n) is 5.24. The normalized spacial score (nSPS) is 15.5. The smallest absolute Gasteiger partial charge is 0.225 e. The van der Waals surface area contributed by atoms with Crippen LogP contribution in [0.15, 0.2) is 36.7 Å². The summed E-state index contributed by atoms with van der Waals surface area (Å²) in [5.74, 6) is 0.841. The standard InChI is InChI=1S/C16H20N4/c1-13-5-3-6-15(14(13)2)19-9-11-20(12-10-19)16-17-7-4-8-18-16/h3-8H,9-12H2,1-2H3. The highest BCUT2D eigenvalue weighted by atomic mass is 15.3. The molecule has 1 aromatic heterocycles. The van der Waals surface area contributed by atoms with Crippen LogP contribution >= 0.6 is 0 Å². The highest BCUT2D eigenvalue weighted by Crippen LogP contribution is 2.24. The van der Waals surface area contributed by atoms with E-state index in [9.17, 15) is 0 Å². The van der Waals surface area contributed by atoms with Gasteiger partial charge in [-0.3, -0.25) is 0 Å². The van der Waals surface area contributed by atoms with Crippen LogP contribution in [0.25, 0.3) is 0 Å². The van der Waals surface area contributed by atoms with Crippen LogP contribution in [0.4, 0.5) is 11.6 Å². The zero-order chi connectivity index (χ0) is 13.9. The fourth-order valence-corrected chi connectivity index (χ4v) is 2.68. The Morgan fingerprint density at radius 1 is 0.850 bits per heavy atom. The Kier molecular flexibility index (Phi) is 3.54. The molecule has 0 amide bonds. The van der Waals surface area contributed by atoms with Crippen molar-refractivity contribution in [2.75, 3.05) is 36.0 Å². The number of rotatable bonds is 2. The molecular formula is C16H20N4. The van der Waals surface area contributed by atoms with Crippen LogP contribution in [-0.2, 0) is 0 Å². The molecule has 2 heterocycles. The van der Waals surface area contributed by atoms with Crippen molar-refractivity contribution in [1.82, 2.24) is 9.97 Å². The van der Waals surface area contributed by atoms with E-state index in [0.717, 1.165) is 32.1 Å². The van der Waals surface area contributed by atoms with Crippen LogP contribution in [0, 0.1) is 13.8 Å². The van der Waals surface area contributed by atoms with Gasteiger partial charge in [0.25, 0.3) is 0 Å². The number of hydrogen-bond donors (Lipinski definition) is 0. The second-order valence-corrected chi connectivity index (χ2v) is 5.24. The molecule has 0 atom stereocenters. The molecule has 20 heavy (non-hydrogen) atoms. The van der Waals surface area contributed by atoms with Crippen molar-refractivity contribution in [3.63, 3.8) is 0 Å². The predicted molar refractivity (Wildman–Crippen MR) is 82.4 cm³/mol. The van der Waals surface area contributed by atoms with E-state index in [1.807, 2.05) is 6.07 Å². The van der Waals surface area contributed by atoms with Gasteiger partial charge in [0.2, 0.25) is 5.95 Å². The number of nitrogens with zero attached hydrogens (tertiary/aromatic N) is 4. The lowest BCUT2D eigenvalue weighted by molar-refractivity contribution is 0.639. The minimum absolute atomic E-state index is 0.841. The first-order valence-electron chi connectivity index (χ1n) is 7.09. The van der Waals surface area contributed by atoms with Crippen LogP contribution in [0.3, 0.4) is 0 Å². The zero-order valence-electron chi connectivity index (χ0n) is 12.1. The van der Waals surface area contributed by atoms with E-state index in [2.05, 4.69) is 51.8 Å². The summed E-state index contributed by atoms with van der Waals surface area (Å²) in [6, 6.07) is 8.39. The summed E-state index contributed by atoms with van der Waals surface area (Å²) in [6.45, 7) is 8.35. The van der Waals surface area contributed by atoms with Crippen LogP contribution in [0.2, 0.25) is 0 Å². The maximum Gasteiger partial charge on any atom is 0.225 e. The third-order valence-corrected chi connectivity index (χ3v) is 4.03. The van der Waals surface area contributed by atoms with E-state index in [-0.39, 0.29) is 0 Å². The first kappa shape index (κ1) is 12.9. The molecule has 1 aliphatic rings. The van der Waals surface area contributed by atoms with Gasteiger partial charge in [-0.15, -0.1) is 0 Å². The molecule has 2 aromatic rings. The SMILES string of the molecule is Cc1cccc(N2CCN(c3ncccn3)CC2)c1C. The van der Waals surface area contributed by atoms with Crippen molar-refractivity contribution >= 4 is 11.6 Å². The van der Waals surface area contributed by atoms with Gasteiger partial charge >= 0.3 is 0 Å². The molecule has 0 N–H and O–H groups in total. The molecule has 0 spiro atoms. The summed E-state index contributed by atoms with van der Waals surface area (Å²) in [5.41, 5.74) is 4.10. The molecule has 4 heteroatoms. The van der Waals surface area contributed by atoms with E-state index >= 15 is 0 Å². The van der Waals surface area contributed by atoms with E-state index < -0.39 is 0 Å². The maximum atomic E-state index is 4.33. The number of anilines is 2. The Morgan fingerprint density at radius 2 is 1.50 bits per heavy atom. The molecular weight excluding hydrogens is 248 g/mol. The average molecular weight is 268 g/mol. The predicted octanol–water partition coefficient (Wildman–Crippen LogP) is 2.42. The molecule has 1 fully saturated rings. The molecule has 4 nitrogen and oxygen atoms in total. The van der Waals surface area contributed by atoms with Gasteiger partial charge < -0.3 is 9.80 Å². The first-order chi connectivity index (χ1) is 9.75. The topological polar surface area (TPSA) is 32.3 Å². The highest BCUT2D eigenvalue weighted by Gasteiger charge is 2.20. The zero-order valence-corrected chi connectivity index (χ0v) is 12.1. The summed E-state index contributed by atoms with van der Waals surface area (Å²) in [7, 11) is 0. The molecule has 0 bridgehead atoms. The number of aromatic nitrogens is 2. The second kappa shape index (κ2) is 5.49. The third kappa shape index (κ3) is 2.46. The lowest BCUT2D eigenvalue weighted by atomic mass is 10.1. The van der Waals surface area contributed by atoms with Crippen molar-refractivity contribution in [3.8, 4) is 0 Å². The molecule has 3 rings (SSSR count). The summed E-state index contributed by atoms with van der Waals surface area (Å²) >= 11 is 0. The van der Waals surface area contributed by atoms with Gasteiger partial charge in [0, 0.05) is 44.3 Å². The van der Waals surface area contributed by atoms with Crippen molar-refractivity contribution in [2.45, 2.75) is 13.8 Å². The molecule has 0 unspecified atom stereocenters. The summed E-state index contributed by atoms with van der Waals surface area (Å²) in [6.07, 6.45) is 3.61. The minimum atomic E-state index is 0.841. The summed E-state index contributed by atoms with van der Waals surface area (Å²) < 4.78 is 0. The number of piperazine rings is 1. The number of hydrogen-bond acceptors (Lipinski definition) is 4. The van der Waals surface area contributed by atoms with Gasteiger partial charge in [-0.25, -0.2) is 9.97 Å². The van der Waals surface area contributed by atoms with Gasteiger partial charge in [0.05, 0.1) is 0 Å². The van der Waals surface area contributed by atoms with Gasteiger partial charge in [-0.05, 0) is 37.1 Å². The molecule has 1 saturated heterocycles. The van der Waals surface area contributed by atoms with E-state index in [4.69, 9.17) is 0 Å². The molecule has 0 aliphatic carbocycles. The molecule has 0 saturated carbocycles. The van der Waals surface area contributed by atoms with Gasteiger partial charge in [0.1, 0.15) is 0 Å². The van der Waals surface area contributed by atoms with Crippen LogP contribution in [0.1, 0.15) is 11.1 Å². The summed E-state index contributed by atoms with van der Waals surface area (Å²) in [5, 5.41) is 0. The fraction of sp³-hybridized carbons (Fsp3) is 0.375. The average Bonchev–Trinajstić information content (AvgIpc) is 2.51. The van der Waals surface area contributed by atoms with Gasteiger partial charge in [-0.1, -0.05) is 12.1 Å². The van der Waals surface area contributed by atoms with Crippen LogP contribution in [0.5, 0.6) is 0 Å². The summed E-state index contributed by atoms with van der Waals surface area (Å²) in [4.78, 5) is 13.4. The molecule has 1 aromatic carbocycles. The van der Waals surface area contributed by atoms with E-state index in [1.54, 1.807) is 12.4 Å². The van der Waals surface area contributed by atoms with Gasteiger partial charge in [-0.2, -0.15) is 0 Å². The van der Waals surface area contributed by atoms with Crippen LogP contribution < -0.4 is 9.80 Å². The number of benzene rings is 1. The highest BCUT2D eigenvalue weighted by molar-refractivity contribution is 5.57. The maximum absolute atomic E-state index is 4.33. The van der Waals surface area contributed by atoms with Crippen molar-refractivity contribution in [1.29, 1.82) is 0 Å². The van der Waals surface area contributed by atoms with E-state index in [1.165, 1.54) is 16.8 Å². The lowest BCUT2D eigenvalue weighted by Gasteiger charge is -2.37.